The Morgan fingerprint density at radius 1 is 1.21 bits per heavy atom. The van der Waals surface area contributed by atoms with Crippen molar-refractivity contribution in [3.05, 3.63) is 58.1 Å². The van der Waals surface area contributed by atoms with E-state index >= 15 is 0 Å². The van der Waals surface area contributed by atoms with E-state index in [9.17, 15) is 14.9 Å². The maximum absolute atomic E-state index is 13.2. The molecule has 0 unspecified atom stereocenters. The molecule has 0 radical (unpaired) electrons. The summed E-state index contributed by atoms with van der Waals surface area (Å²) in [5.41, 5.74) is 0.925. The minimum atomic E-state index is -0.503. The average molecular weight is 414 g/mol. The first kappa shape index (κ1) is 20.7. The van der Waals surface area contributed by atoms with Crippen molar-refractivity contribution in [1.29, 1.82) is 0 Å². The number of hydrogen-bond donors (Lipinski definition) is 0. The Morgan fingerprint density at radius 3 is 2.69 bits per heavy atom. The number of anilines is 1. The molecule has 0 atom stereocenters. The van der Waals surface area contributed by atoms with Crippen molar-refractivity contribution >= 4 is 38.3 Å². The van der Waals surface area contributed by atoms with Crippen molar-refractivity contribution in [2.24, 2.45) is 0 Å². The van der Waals surface area contributed by atoms with E-state index in [-0.39, 0.29) is 17.2 Å². The predicted octanol–water partition coefficient (Wildman–Crippen LogP) is 3.81. The molecule has 0 saturated carbocycles. The Morgan fingerprint density at radius 2 is 2.00 bits per heavy atom. The van der Waals surface area contributed by atoms with Crippen molar-refractivity contribution in [3.8, 4) is 5.75 Å². The topological polar surface area (TPSA) is 88.8 Å². The predicted molar refractivity (Wildman–Crippen MR) is 114 cm³/mol. The molecular weight excluding hydrogens is 392 g/mol. The molecule has 0 saturated heterocycles. The van der Waals surface area contributed by atoms with Gasteiger partial charge in [-0.1, -0.05) is 17.4 Å². The first-order chi connectivity index (χ1) is 13.9. The van der Waals surface area contributed by atoms with Gasteiger partial charge in [0.1, 0.15) is 5.75 Å². The number of rotatable bonds is 8. The third kappa shape index (κ3) is 4.87. The number of nitro benzene ring substituents is 1. The summed E-state index contributed by atoms with van der Waals surface area (Å²) >= 11 is 1.39. The maximum atomic E-state index is 13.2. The van der Waals surface area contributed by atoms with Crippen LogP contribution in [0.15, 0.2) is 42.5 Å². The van der Waals surface area contributed by atoms with Crippen LogP contribution >= 0.6 is 11.3 Å². The van der Waals surface area contributed by atoms with Crippen molar-refractivity contribution in [3.63, 3.8) is 0 Å². The quantitative estimate of drug-likeness (QED) is 0.411. The lowest BCUT2D eigenvalue weighted by atomic mass is 10.1. The van der Waals surface area contributed by atoms with Crippen LogP contribution in [0.5, 0.6) is 5.75 Å². The zero-order chi connectivity index (χ0) is 21.0. The fourth-order valence-electron chi connectivity index (χ4n) is 2.87. The minimum Gasteiger partial charge on any atom is -0.497 e. The molecule has 1 aromatic heterocycles. The summed E-state index contributed by atoms with van der Waals surface area (Å²) in [5, 5.41) is 11.7. The summed E-state index contributed by atoms with van der Waals surface area (Å²) in [7, 11) is 5.54. The summed E-state index contributed by atoms with van der Waals surface area (Å²) < 4.78 is 6.17. The van der Waals surface area contributed by atoms with E-state index in [1.807, 2.05) is 37.2 Å². The highest BCUT2D eigenvalue weighted by Crippen LogP contribution is 2.32. The number of thiazole rings is 1. The van der Waals surface area contributed by atoms with E-state index in [1.165, 1.54) is 29.5 Å². The summed E-state index contributed by atoms with van der Waals surface area (Å²) in [6.07, 6.45) is 0.743. The number of nitro groups is 1. The van der Waals surface area contributed by atoms with Gasteiger partial charge in [-0.2, -0.15) is 0 Å². The number of non-ortho nitro benzene ring substituents is 1. The maximum Gasteiger partial charge on any atom is 0.270 e. The Hall–Kier alpha value is -3.04. The summed E-state index contributed by atoms with van der Waals surface area (Å²) in [6, 6.07) is 11.3. The van der Waals surface area contributed by atoms with Crippen LogP contribution in [-0.2, 0) is 0 Å². The van der Waals surface area contributed by atoms with Gasteiger partial charge in [-0.15, -0.1) is 0 Å². The minimum absolute atomic E-state index is 0.113. The first-order valence-electron chi connectivity index (χ1n) is 9.04. The summed E-state index contributed by atoms with van der Waals surface area (Å²) in [4.78, 5) is 32.1. The molecule has 3 aromatic rings. The number of aromatic nitrogens is 1. The number of carbonyl (C=O) groups is 1. The lowest BCUT2D eigenvalue weighted by Crippen LogP contribution is -2.33. The first-order valence-corrected chi connectivity index (χ1v) is 9.86. The average Bonchev–Trinajstić information content (AvgIpc) is 3.13. The molecule has 0 bridgehead atoms. The number of benzene rings is 2. The summed E-state index contributed by atoms with van der Waals surface area (Å²) in [5.74, 6) is 0.412. The highest BCUT2D eigenvalue weighted by Gasteiger charge is 2.23. The van der Waals surface area contributed by atoms with Gasteiger partial charge in [-0.05, 0) is 51.3 Å². The molecule has 0 aliphatic carbocycles. The highest BCUT2D eigenvalue weighted by molar-refractivity contribution is 7.22. The molecule has 0 aliphatic rings. The third-order valence-corrected chi connectivity index (χ3v) is 5.39. The zero-order valence-corrected chi connectivity index (χ0v) is 17.3. The second-order valence-electron chi connectivity index (χ2n) is 6.75. The Labute approximate surface area is 172 Å². The van der Waals surface area contributed by atoms with E-state index in [0.29, 0.717) is 11.7 Å². The number of amides is 1. The van der Waals surface area contributed by atoms with Crippen molar-refractivity contribution in [1.82, 2.24) is 9.88 Å². The van der Waals surface area contributed by atoms with Gasteiger partial charge in [0.15, 0.2) is 5.13 Å². The largest absolute Gasteiger partial charge is 0.497 e. The van der Waals surface area contributed by atoms with E-state index in [0.717, 1.165) is 28.9 Å². The smallest absolute Gasteiger partial charge is 0.270 e. The lowest BCUT2D eigenvalue weighted by molar-refractivity contribution is -0.384. The van der Waals surface area contributed by atoms with Crippen LogP contribution in [0.25, 0.3) is 10.2 Å². The summed E-state index contributed by atoms with van der Waals surface area (Å²) in [6.45, 7) is 1.26. The number of carbonyl (C=O) groups excluding carboxylic acids is 1. The second kappa shape index (κ2) is 8.97. The van der Waals surface area contributed by atoms with Crippen LogP contribution < -0.4 is 9.64 Å². The fraction of sp³-hybridized carbons (Fsp3) is 0.300. The van der Waals surface area contributed by atoms with Crippen molar-refractivity contribution in [2.45, 2.75) is 6.42 Å². The molecule has 152 valence electrons. The fourth-order valence-corrected chi connectivity index (χ4v) is 3.89. The molecular formula is C20H22N4O4S. The number of ether oxygens (including phenoxy) is 1. The molecule has 9 heteroatoms. The van der Waals surface area contributed by atoms with Crippen LogP contribution in [0.2, 0.25) is 0 Å². The molecule has 8 nitrogen and oxygen atoms in total. The van der Waals surface area contributed by atoms with Crippen molar-refractivity contribution in [2.75, 3.05) is 39.2 Å². The van der Waals surface area contributed by atoms with Crippen LogP contribution in [0, 0.1) is 10.1 Å². The molecule has 29 heavy (non-hydrogen) atoms. The van der Waals surface area contributed by atoms with Gasteiger partial charge in [0.05, 0.1) is 22.2 Å². The molecule has 0 spiro atoms. The second-order valence-corrected chi connectivity index (χ2v) is 7.76. The van der Waals surface area contributed by atoms with E-state index in [2.05, 4.69) is 4.98 Å². The third-order valence-electron chi connectivity index (χ3n) is 4.35. The van der Waals surface area contributed by atoms with Crippen LogP contribution in [-0.4, -0.2) is 55.0 Å². The van der Waals surface area contributed by atoms with Crippen molar-refractivity contribution < 1.29 is 14.5 Å². The molecule has 1 heterocycles. The molecule has 3 rings (SSSR count). The van der Waals surface area contributed by atoms with E-state index in [1.54, 1.807) is 18.1 Å². The van der Waals surface area contributed by atoms with Gasteiger partial charge in [-0.3, -0.25) is 19.8 Å². The number of hydrogen-bond acceptors (Lipinski definition) is 7. The Kier molecular flexibility index (Phi) is 6.40. The number of fused-ring (bicyclic) bond motifs is 1. The number of methoxy groups -OCH3 is 1. The van der Waals surface area contributed by atoms with Gasteiger partial charge in [0.25, 0.3) is 11.6 Å². The SMILES string of the molecule is COc1ccc2nc(N(CCCN(C)C)C(=O)c3cccc([N+](=O)[O-])c3)sc2c1. The molecule has 0 N–H and O–H groups in total. The molecule has 0 aliphatic heterocycles. The lowest BCUT2D eigenvalue weighted by Gasteiger charge is -2.21. The van der Waals surface area contributed by atoms with Gasteiger partial charge in [0, 0.05) is 24.2 Å². The van der Waals surface area contributed by atoms with Crippen LogP contribution in [0.3, 0.4) is 0 Å². The van der Waals surface area contributed by atoms with E-state index < -0.39 is 4.92 Å². The van der Waals surface area contributed by atoms with Gasteiger partial charge < -0.3 is 9.64 Å². The monoisotopic (exact) mass is 414 g/mol. The normalized spacial score (nSPS) is 11.0. The van der Waals surface area contributed by atoms with Crippen LogP contribution in [0.1, 0.15) is 16.8 Å². The highest BCUT2D eigenvalue weighted by atomic mass is 32.1. The van der Waals surface area contributed by atoms with Gasteiger partial charge in [-0.25, -0.2) is 4.98 Å². The van der Waals surface area contributed by atoms with Gasteiger partial charge in [0.2, 0.25) is 0 Å². The Bertz CT molecular complexity index is 1030. The standard InChI is InChI=1S/C20H22N4O4S/c1-22(2)10-5-11-23(19(25)14-6-4-7-15(12-14)24(26)27)20-21-17-9-8-16(28-3)13-18(17)29-20/h4,6-9,12-13H,5,10-11H2,1-3H3. The molecule has 0 fully saturated rings. The van der Waals surface area contributed by atoms with Crippen LogP contribution in [0.4, 0.5) is 10.8 Å². The number of nitrogens with zero attached hydrogens (tertiary/aromatic N) is 4. The molecule has 2 aromatic carbocycles. The van der Waals surface area contributed by atoms with E-state index in [4.69, 9.17) is 4.74 Å². The Balaban J connectivity index is 1.96. The molecule has 1 amide bonds. The zero-order valence-electron chi connectivity index (χ0n) is 16.5. The van der Waals surface area contributed by atoms with Gasteiger partial charge >= 0.3 is 0 Å².